The molecule has 0 saturated carbocycles. The predicted molar refractivity (Wildman–Crippen MR) is 97.5 cm³/mol. The lowest BCUT2D eigenvalue weighted by molar-refractivity contribution is -0.123. The van der Waals surface area contributed by atoms with E-state index in [1.165, 1.54) is 24.0 Å². The van der Waals surface area contributed by atoms with Gasteiger partial charge in [0.25, 0.3) is 5.95 Å². The molecule has 2 aromatic carbocycles. The van der Waals surface area contributed by atoms with Crippen molar-refractivity contribution in [2.45, 2.75) is 13.5 Å². The van der Waals surface area contributed by atoms with E-state index in [1.54, 1.807) is 12.1 Å². The molecule has 8 heteroatoms. The standard InChI is InChI=1S/C19H17FN5O2/c1-12(16(21)26)18(27)25(11-13-5-3-2-4-6-13)19-22-17(23-24-19)14-7-9-15(20)10-8-14/h2-10H,11H2,1H3,(H2,21,26)(H,22,23,24). The van der Waals surface area contributed by atoms with E-state index in [0.29, 0.717) is 11.4 Å². The largest absolute Gasteiger partial charge is 0.369 e. The molecule has 3 rings (SSSR count). The van der Waals surface area contributed by atoms with Gasteiger partial charge < -0.3 is 5.73 Å². The van der Waals surface area contributed by atoms with Crippen LogP contribution in [0.1, 0.15) is 12.5 Å². The highest BCUT2D eigenvalue weighted by Gasteiger charge is 2.29. The Labute approximate surface area is 155 Å². The zero-order chi connectivity index (χ0) is 19.4. The summed E-state index contributed by atoms with van der Waals surface area (Å²) >= 11 is 0. The van der Waals surface area contributed by atoms with Gasteiger partial charge in [0.15, 0.2) is 5.82 Å². The van der Waals surface area contributed by atoms with Crippen molar-refractivity contribution in [3.63, 3.8) is 0 Å². The third-order valence-electron chi connectivity index (χ3n) is 3.95. The number of amides is 2. The van der Waals surface area contributed by atoms with E-state index in [2.05, 4.69) is 15.2 Å². The van der Waals surface area contributed by atoms with Crippen LogP contribution < -0.4 is 10.6 Å². The maximum Gasteiger partial charge on any atom is 0.252 e. The number of aromatic nitrogens is 3. The lowest BCUT2D eigenvalue weighted by Crippen LogP contribution is -2.39. The summed E-state index contributed by atoms with van der Waals surface area (Å²) < 4.78 is 13.1. The summed E-state index contributed by atoms with van der Waals surface area (Å²) in [4.78, 5) is 29.7. The van der Waals surface area contributed by atoms with Gasteiger partial charge in [-0.05, 0) is 36.8 Å². The first-order valence-electron chi connectivity index (χ1n) is 8.13. The Morgan fingerprint density at radius 3 is 2.41 bits per heavy atom. The van der Waals surface area contributed by atoms with Crippen LogP contribution in [0.3, 0.4) is 0 Å². The number of nitrogens with zero attached hydrogens (tertiary/aromatic N) is 3. The first-order valence-corrected chi connectivity index (χ1v) is 8.13. The average Bonchev–Trinajstić information content (AvgIpc) is 3.16. The minimum atomic E-state index is -0.813. The summed E-state index contributed by atoms with van der Waals surface area (Å²) in [6.45, 7) is 1.52. The lowest BCUT2D eigenvalue weighted by Gasteiger charge is -2.21. The molecular formula is C19H17FN5O2. The third kappa shape index (κ3) is 4.17. The first kappa shape index (κ1) is 18.2. The molecule has 3 aromatic rings. The fraction of sp³-hybridized carbons (Fsp3) is 0.105. The van der Waals surface area contributed by atoms with Crippen molar-refractivity contribution in [2.75, 3.05) is 4.90 Å². The molecule has 0 fully saturated rings. The number of nitrogens with one attached hydrogen (secondary N) is 1. The van der Waals surface area contributed by atoms with E-state index in [1.807, 2.05) is 30.3 Å². The highest BCUT2D eigenvalue weighted by molar-refractivity contribution is 6.18. The molecule has 0 atom stereocenters. The summed E-state index contributed by atoms with van der Waals surface area (Å²) in [5, 5.41) is 6.81. The molecule has 137 valence electrons. The molecule has 1 radical (unpaired) electrons. The zero-order valence-electron chi connectivity index (χ0n) is 14.5. The molecule has 0 unspecified atom stereocenters. The maximum absolute atomic E-state index is 13.1. The fourth-order valence-corrected chi connectivity index (χ4v) is 2.42. The molecule has 1 aromatic heterocycles. The second kappa shape index (κ2) is 7.77. The highest BCUT2D eigenvalue weighted by atomic mass is 19.1. The van der Waals surface area contributed by atoms with Crippen LogP contribution >= 0.6 is 0 Å². The number of benzene rings is 2. The number of H-pyrrole nitrogens is 1. The Balaban J connectivity index is 1.93. The molecule has 2 amide bonds. The van der Waals surface area contributed by atoms with Gasteiger partial charge in [-0.25, -0.2) is 4.39 Å². The number of carbonyl (C=O) groups excluding carboxylic acids is 2. The van der Waals surface area contributed by atoms with Crippen molar-refractivity contribution in [3.8, 4) is 11.4 Å². The number of rotatable bonds is 6. The molecule has 27 heavy (non-hydrogen) atoms. The summed E-state index contributed by atoms with van der Waals surface area (Å²) in [5.74, 6) is -1.44. The van der Waals surface area contributed by atoms with Crippen molar-refractivity contribution in [1.29, 1.82) is 0 Å². The van der Waals surface area contributed by atoms with Crippen LogP contribution in [0.4, 0.5) is 10.3 Å². The second-order valence-electron chi connectivity index (χ2n) is 5.86. The smallest absolute Gasteiger partial charge is 0.252 e. The van der Waals surface area contributed by atoms with Crippen molar-refractivity contribution < 1.29 is 14.0 Å². The van der Waals surface area contributed by atoms with Gasteiger partial charge in [0, 0.05) is 5.56 Å². The SMILES string of the molecule is C[C](C(N)=O)C(=O)N(Cc1ccccc1)c1n[nH]c(-c2ccc(F)cc2)n1. The zero-order valence-corrected chi connectivity index (χ0v) is 14.5. The molecular weight excluding hydrogens is 349 g/mol. The number of nitrogens with two attached hydrogens (primary N) is 1. The van der Waals surface area contributed by atoms with Crippen LogP contribution in [0, 0.1) is 11.7 Å². The van der Waals surface area contributed by atoms with Crippen molar-refractivity contribution >= 4 is 17.8 Å². The topological polar surface area (TPSA) is 105 Å². The lowest BCUT2D eigenvalue weighted by atomic mass is 10.1. The monoisotopic (exact) mass is 366 g/mol. The summed E-state index contributed by atoms with van der Waals surface area (Å²) in [7, 11) is 0. The van der Waals surface area contributed by atoms with Gasteiger partial charge in [-0.15, -0.1) is 5.10 Å². The van der Waals surface area contributed by atoms with Crippen LogP contribution in [0.5, 0.6) is 0 Å². The summed E-state index contributed by atoms with van der Waals surface area (Å²) in [6, 6.07) is 14.9. The van der Waals surface area contributed by atoms with E-state index in [0.717, 1.165) is 5.56 Å². The van der Waals surface area contributed by atoms with Crippen LogP contribution in [-0.4, -0.2) is 27.0 Å². The minimum absolute atomic E-state index is 0.0868. The van der Waals surface area contributed by atoms with Gasteiger partial charge in [-0.3, -0.25) is 19.6 Å². The molecule has 0 saturated heterocycles. The Morgan fingerprint density at radius 2 is 1.78 bits per heavy atom. The number of aromatic amines is 1. The van der Waals surface area contributed by atoms with Crippen LogP contribution in [0.2, 0.25) is 0 Å². The van der Waals surface area contributed by atoms with E-state index in [4.69, 9.17) is 5.73 Å². The Hall–Kier alpha value is -3.55. The normalized spacial score (nSPS) is 10.8. The molecule has 0 aliphatic rings. The van der Waals surface area contributed by atoms with Gasteiger partial charge in [-0.1, -0.05) is 30.3 Å². The van der Waals surface area contributed by atoms with Crippen molar-refractivity contribution in [3.05, 3.63) is 71.9 Å². The van der Waals surface area contributed by atoms with E-state index >= 15 is 0 Å². The number of anilines is 1. The minimum Gasteiger partial charge on any atom is -0.369 e. The fourth-order valence-electron chi connectivity index (χ4n) is 2.42. The third-order valence-corrected chi connectivity index (χ3v) is 3.95. The van der Waals surface area contributed by atoms with Crippen LogP contribution in [-0.2, 0) is 16.1 Å². The highest BCUT2D eigenvalue weighted by Crippen LogP contribution is 2.21. The Morgan fingerprint density at radius 1 is 1.11 bits per heavy atom. The summed E-state index contributed by atoms with van der Waals surface area (Å²) in [5.41, 5.74) is 6.69. The Bertz CT molecular complexity index is 940. The van der Waals surface area contributed by atoms with Gasteiger partial charge >= 0.3 is 0 Å². The maximum atomic E-state index is 13.1. The number of primary amides is 1. The number of hydrogen-bond acceptors (Lipinski definition) is 4. The molecule has 3 N–H and O–H groups in total. The second-order valence-corrected chi connectivity index (χ2v) is 5.86. The average molecular weight is 366 g/mol. The molecule has 1 heterocycles. The van der Waals surface area contributed by atoms with Gasteiger partial charge in [-0.2, -0.15) is 4.98 Å². The van der Waals surface area contributed by atoms with E-state index in [-0.39, 0.29) is 24.2 Å². The van der Waals surface area contributed by atoms with Crippen LogP contribution in [0.15, 0.2) is 54.6 Å². The summed E-state index contributed by atoms with van der Waals surface area (Å²) in [6.07, 6.45) is 0. The van der Waals surface area contributed by atoms with E-state index in [9.17, 15) is 14.0 Å². The number of hydrogen-bond donors (Lipinski definition) is 2. The van der Waals surface area contributed by atoms with Crippen molar-refractivity contribution in [2.24, 2.45) is 5.73 Å². The molecule has 0 bridgehead atoms. The number of halogens is 1. The number of carbonyl (C=O) groups is 2. The first-order chi connectivity index (χ1) is 13.0. The van der Waals surface area contributed by atoms with Gasteiger partial charge in [0.1, 0.15) is 11.7 Å². The molecule has 0 spiro atoms. The van der Waals surface area contributed by atoms with Crippen molar-refractivity contribution in [1.82, 2.24) is 15.2 Å². The van der Waals surface area contributed by atoms with Gasteiger partial charge in [0.2, 0.25) is 11.8 Å². The molecule has 7 nitrogen and oxygen atoms in total. The van der Waals surface area contributed by atoms with E-state index < -0.39 is 11.8 Å². The predicted octanol–water partition coefficient (Wildman–Crippen LogP) is 2.22. The molecule has 0 aliphatic carbocycles. The Kier molecular flexibility index (Phi) is 5.25. The van der Waals surface area contributed by atoms with Gasteiger partial charge in [0.05, 0.1) is 6.54 Å². The van der Waals surface area contributed by atoms with Crippen LogP contribution in [0.25, 0.3) is 11.4 Å². The molecule has 0 aliphatic heterocycles. The quantitative estimate of drug-likeness (QED) is 0.653.